The Bertz CT molecular complexity index is 1550. The van der Waals surface area contributed by atoms with Gasteiger partial charge in [0.05, 0.1) is 17.8 Å². The second-order valence-electron chi connectivity index (χ2n) is 10.3. The zero-order valence-electron chi connectivity index (χ0n) is 22.3. The summed E-state index contributed by atoms with van der Waals surface area (Å²) in [6.45, 7) is 7.61. The Morgan fingerprint density at radius 2 is 2.20 bits per heavy atom. The van der Waals surface area contributed by atoms with Gasteiger partial charge < -0.3 is 10.6 Å². The van der Waals surface area contributed by atoms with Crippen molar-refractivity contribution in [1.82, 2.24) is 29.9 Å². The maximum Gasteiger partial charge on any atom is 0.209 e. The van der Waals surface area contributed by atoms with Gasteiger partial charge in [0.15, 0.2) is 17.5 Å². The summed E-state index contributed by atoms with van der Waals surface area (Å²) in [5.74, 6) is -0.548. The summed E-state index contributed by atoms with van der Waals surface area (Å²) in [6, 6.07) is 7.30. The SMILES string of the molecule is C=N/C(=C\C=C/CCn1cc(-c2nc(-c3cccc(C#N)c3C)nc(N)c2F)nn1)C1CCN(C=O)CC12CC2. The van der Waals surface area contributed by atoms with Gasteiger partial charge in [-0.15, -0.1) is 5.10 Å². The molecule has 0 bridgehead atoms. The second-order valence-corrected chi connectivity index (χ2v) is 10.3. The van der Waals surface area contributed by atoms with Crippen molar-refractivity contribution >= 4 is 18.9 Å². The normalized spacial score (nSPS) is 18.2. The van der Waals surface area contributed by atoms with Crippen molar-refractivity contribution < 1.29 is 9.18 Å². The summed E-state index contributed by atoms with van der Waals surface area (Å²) in [5, 5.41) is 17.6. The number of nitrogens with zero attached hydrogens (tertiary/aromatic N) is 8. The Morgan fingerprint density at radius 3 is 2.92 bits per heavy atom. The summed E-state index contributed by atoms with van der Waals surface area (Å²) in [6.07, 6.45) is 12.3. The average molecular weight is 540 g/mol. The Hall–Kier alpha value is -4.72. The Kier molecular flexibility index (Phi) is 7.51. The summed E-state index contributed by atoms with van der Waals surface area (Å²) in [5.41, 5.74) is 8.92. The molecule has 10 nitrogen and oxygen atoms in total. The molecular weight excluding hydrogens is 509 g/mol. The molecule has 40 heavy (non-hydrogen) atoms. The molecule has 2 fully saturated rings. The summed E-state index contributed by atoms with van der Waals surface area (Å²) >= 11 is 0. The topological polar surface area (TPSA) is 139 Å². The number of hydrogen-bond donors (Lipinski definition) is 1. The van der Waals surface area contributed by atoms with Crippen LogP contribution in [0.15, 0.2) is 53.3 Å². The number of aliphatic imine (C=N–C) groups is 1. The Labute approximate surface area is 231 Å². The molecule has 1 saturated heterocycles. The van der Waals surface area contributed by atoms with Crippen molar-refractivity contribution in [1.29, 1.82) is 5.26 Å². The van der Waals surface area contributed by atoms with E-state index >= 15 is 0 Å². The van der Waals surface area contributed by atoms with Gasteiger partial charge in [0.1, 0.15) is 11.4 Å². The number of hydrogen-bond acceptors (Lipinski definition) is 8. The van der Waals surface area contributed by atoms with Crippen LogP contribution in [-0.4, -0.2) is 56.1 Å². The molecule has 204 valence electrons. The lowest BCUT2D eigenvalue weighted by atomic mass is 9.80. The van der Waals surface area contributed by atoms with Crippen molar-refractivity contribution in [3.63, 3.8) is 0 Å². The highest BCUT2D eigenvalue weighted by atomic mass is 19.1. The number of nitriles is 1. The number of allylic oxidation sites excluding steroid dienone is 4. The van der Waals surface area contributed by atoms with Crippen LogP contribution in [0, 0.1) is 35.4 Å². The number of halogens is 1. The first-order valence-electron chi connectivity index (χ1n) is 13.2. The molecule has 11 heteroatoms. The Morgan fingerprint density at radius 1 is 1.38 bits per heavy atom. The second kappa shape index (κ2) is 11.2. The molecule has 3 aromatic rings. The van der Waals surface area contributed by atoms with E-state index in [2.05, 4.69) is 38.1 Å². The largest absolute Gasteiger partial charge is 0.381 e. The standard InChI is InChI=1S/C29H30FN9O/c1-19-20(15-31)7-6-8-21(19)28-34-26(25(30)27(32)35-28)24-16-39(37-36-24)13-5-3-4-9-23(33-2)22-10-14-38(18-40)17-29(22)11-12-29/h3-4,6-9,16,18,22H,2,5,10-14,17H2,1H3,(H2,32,34,35)/b4-3-,23-9-. The zero-order valence-corrected chi connectivity index (χ0v) is 22.3. The number of nitrogens with two attached hydrogens (primary N) is 1. The van der Waals surface area contributed by atoms with Crippen molar-refractivity contribution in [2.24, 2.45) is 16.3 Å². The van der Waals surface area contributed by atoms with E-state index in [1.54, 1.807) is 36.0 Å². The van der Waals surface area contributed by atoms with Crippen molar-refractivity contribution in [3.05, 3.63) is 65.3 Å². The fraction of sp³-hybridized carbons (Fsp3) is 0.345. The van der Waals surface area contributed by atoms with Crippen LogP contribution < -0.4 is 5.73 Å². The number of rotatable bonds is 9. The highest BCUT2D eigenvalue weighted by Gasteiger charge is 2.53. The lowest BCUT2D eigenvalue weighted by Gasteiger charge is -2.37. The first-order valence-corrected chi connectivity index (χ1v) is 13.2. The number of likely N-dealkylation sites (tertiary alicyclic amines) is 1. The van der Waals surface area contributed by atoms with Crippen LogP contribution >= 0.6 is 0 Å². The third-order valence-electron chi connectivity index (χ3n) is 7.82. The third-order valence-corrected chi connectivity index (χ3v) is 7.82. The first-order chi connectivity index (χ1) is 19.4. The van der Waals surface area contributed by atoms with Crippen molar-refractivity contribution in [2.45, 2.75) is 39.2 Å². The van der Waals surface area contributed by atoms with Crippen LogP contribution in [0.5, 0.6) is 0 Å². The fourth-order valence-corrected chi connectivity index (χ4v) is 5.43. The molecule has 0 radical (unpaired) electrons. The van der Waals surface area contributed by atoms with Gasteiger partial charge in [-0.3, -0.25) is 14.5 Å². The number of nitrogen functional groups attached to an aromatic ring is 1. The van der Waals surface area contributed by atoms with Gasteiger partial charge >= 0.3 is 0 Å². The number of benzene rings is 1. The zero-order chi connectivity index (χ0) is 28.3. The van der Waals surface area contributed by atoms with Crippen LogP contribution in [-0.2, 0) is 11.3 Å². The molecule has 1 aliphatic heterocycles. The van der Waals surface area contributed by atoms with E-state index in [0.29, 0.717) is 35.6 Å². The van der Waals surface area contributed by atoms with Gasteiger partial charge in [-0.1, -0.05) is 29.5 Å². The smallest absolute Gasteiger partial charge is 0.209 e. The van der Waals surface area contributed by atoms with Crippen LogP contribution in [0.4, 0.5) is 10.2 Å². The average Bonchev–Trinajstić information content (AvgIpc) is 3.56. The molecule has 1 saturated carbocycles. The molecule has 2 aromatic heterocycles. The molecular formula is C29H30FN9O. The van der Waals surface area contributed by atoms with E-state index in [9.17, 15) is 14.4 Å². The molecule has 1 aromatic carbocycles. The number of amides is 1. The van der Waals surface area contributed by atoms with Gasteiger partial charge in [-0.05, 0) is 62.4 Å². The van der Waals surface area contributed by atoms with Crippen molar-refractivity contribution in [2.75, 3.05) is 18.8 Å². The fourth-order valence-electron chi connectivity index (χ4n) is 5.43. The van der Waals surface area contributed by atoms with Gasteiger partial charge in [0.25, 0.3) is 0 Å². The van der Waals surface area contributed by atoms with Gasteiger partial charge in [0, 0.05) is 36.8 Å². The summed E-state index contributed by atoms with van der Waals surface area (Å²) in [4.78, 5) is 25.9. The van der Waals surface area contributed by atoms with Gasteiger partial charge in [0.2, 0.25) is 6.41 Å². The first kappa shape index (κ1) is 26.9. The van der Waals surface area contributed by atoms with E-state index in [1.165, 1.54) is 0 Å². The minimum atomic E-state index is -0.771. The van der Waals surface area contributed by atoms with Crippen LogP contribution in [0.2, 0.25) is 0 Å². The molecule has 1 unspecified atom stereocenters. The minimum absolute atomic E-state index is 0.0506. The Balaban J connectivity index is 1.27. The minimum Gasteiger partial charge on any atom is -0.381 e. The molecule has 1 atom stereocenters. The predicted molar refractivity (Wildman–Crippen MR) is 149 cm³/mol. The number of anilines is 1. The lowest BCUT2D eigenvalue weighted by Crippen LogP contribution is -2.41. The highest BCUT2D eigenvalue weighted by Crippen LogP contribution is 2.57. The molecule has 2 aliphatic rings. The third kappa shape index (κ3) is 5.25. The molecule has 1 aliphatic carbocycles. The van der Waals surface area contributed by atoms with Gasteiger partial charge in [-0.25, -0.2) is 14.4 Å². The molecule has 3 heterocycles. The lowest BCUT2D eigenvalue weighted by molar-refractivity contribution is -0.120. The predicted octanol–water partition coefficient (Wildman–Crippen LogP) is 4.09. The summed E-state index contributed by atoms with van der Waals surface area (Å²) in [7, 11) is 0. The number of carbonyl (C=O) groups excluding carboxylic acids is 1. The van der Waals surface area contributed by atoms with Gasteiger partial charge in [-0.2, -0.15) is 5.26 Å². The number of piperidine rings is 1. The van der Waals surface area contributed by atoms with Crippen LogP contribution in [0.3, 0.4) is 0 Å². The van der Waals surface area contributed by atoms with E-state index in [4.69, 9.17) is 5.73 Å². The van der Waals surface area contributed by atoms with E-state index in [1.807, 2.05) is 23.1 Å². The van der Waals surface area contributed by atoms with E-state index in [0.717, 1.165) is 44.5 Å². The quantitative estimate of drug-likeness (QED) is 0.245. The van der Waals surface area contributed by atoms with E-state index in [-0.39, 0.29) is 28.4 Å². The number of aromatic nitrogens is 5. The number of aryl methyl sites for hydroxylation is 1. The maximum atomic E-state index is 14.9. The molecule has 1 amide bonds. The monoisotopic (exact) mass is 539 g/mol. The van der Waals surface area contributed by atoms with Crippen LogP contribution in [0.1, 0.15) is 36.8 Å². The number of carbonyl (C=O) groups is 1. The van der Waals surface area contributed by atoms with Crippen LogP contribution in [0.25, 0.3) is 22.8 Å². The van der Waals surface area contributed by atoms with E-state index < -0.39 is 5.82 Å². The van der Waals surface area contributed by atoms with Crippen molar-refractivity contribution in [3.8, 4) is 28.8 Å². The highest BCUT2D eigenvalue weighted by molar-refractivity contribution is 5.69. The molecule has 2 N–H and O–H groups in total. The molecule has 1 spiro atoms. The maximum absolute atomic E-state index is 14.9. The summed E-state index contributed by atoms with van der Waals surface area (Å²) < 4.78 is 16.5. The molecule has 5 rings (SSSR count).